The molecule has 0 rings (SSSR count). The number of amides is 1. The molecule has 0 aliphatic rings. The van der Waals surface area contributed by atoms with Gasteiger partial charge in [0.25, 0.3) is 0 Å². The van der Waals surface area contributed by atoms with Crippen molar-refractivity contribution in [2.24, 2.45) is 5.73 Å². The minimum Gasteiger partial charge on any atom is -0.372 e. The molecule has 116 valence electrons. The van der Waals surface area contributed by atoms with E-state index in [-0.39, 0.29) is 12.8 Å². The average molecular weight is 297 g/mol. The van der Waals surface area contributed by atoms with Gasteiger partial charge in [-0.05, 0) is 12.2 Å². The summed E-state index contributed by atoms with van der Waals surface area (Å²) >= 11 is 1.64. The van der Waals surface area contributed by atoms with Gasteiger partial charge in [-0.25, -0.2) is 0 Å². The third-order valence-corrected chi connectivity index (χ3v) is 2.15. The summed E-state index contributed by atoms with van der Waals surface area (Å²) in [5.74, 6) is 1.69. The Labute approximate surface area is 120 Å². The Bertz CT molecular complexity index is 181. The molecule has 0 saturated carbocycles. The van der Waals surface area contributed by atoms with E-state index in [1.807, 2.05) is 27.7 Å². The van der Waals surface area contributed by atoms with Crippen molar-refractivity contribution in [2.45, 2.75) is 53.4 Å². The van der Waals surface area contributed by atoms with Crippen LogP contribution in [0, 0.1) is 0 Å². The highest BCUT2D eigenvalue weighted by Gasteiger charge is 1.94. The van der Waals surface area contributed by atoms with Gasteiger partial charge in [0.2, 0.25) is 6.41 Å². The second-order valence-electron chi connectivity index (χ2n) is 2.77. The number of thioether (sulfide) groups is 1. The van der Waals surface area contributed by atoms with E-state index < -0.39 is 6.04 Å². The monoisotopic (exact) mass is 297 g/mol. The summed E-state index contributed by atoms with van der Waals surface area (Å²) in [6, 6.07) is -1.18. The predicted octanol–water partition coefficient (Wildman–Crippen LogP) is 3.13. The Morgan fingerprint density at radius 2 is 1.68 bits per heavy atom. The van der Waals surface area contributed by atoms with Crippen molar-refractivity contribution in [1.29, 1.82) is 0 Å². The molecule has 6 heteroatoms. The molecule has 0 unspecified atom stereocenters. The fourth-order valence-corrected chi connectivity index (χ4v) is 1.01. The Hall–Kier alpha value is -0.910. The fourth-order valence-electron chi connectivity index (χ4n) is 0.680. The van der Waals surface area contributed by atoms with E-state index in [0.29, 0.717) is 12.2 Å². The number of unbranched alkanes of at least 4 members (excludes halogenated alkanes) is 2. The third kappa shape index (κ3) is 77.4. The summed E-state index contributed by atoms with van der Waals surface area (Å²) < 4.78 is 11.4. The Kier molecular flexibility index (Phi) is 50.4. The van der Waals surface area contributed by atoms with Crippen LogP contribution in [0.2, 0.25) is 0 Å². The molecule has 0 fully saturated rings. The van der Waals surface area contributed by atoms with Gasteiger partial charge in [0.05, 0.1) is 0 Å². The van der Waals surface area contributed by atoms with Gasteiger partial charge in [-0.2, -0.15) is 16.2 Å². The summed E-state index contributed by atoms with van der Waals surface area (Å²) in [6.07, 6.45) is 3.97. The maximum Gasteiger partial charge on any atom is 0.301 e. The van der Waals surface area contributed by atoms with Crippen molar-refractivity contribution < 1.29 is 18.8 Å². The van der Waals surface area contributed by atoms with E-state index in [0.717, 1.165) is 24.9 Å². The fraction of sp³-hybridized carbons (Fsp3) is 0.769. The van der Waals surface area contributed by atoms with Crippen molar-refractivity contribution in [3.05, 3.63) is 0 Å². The molecule has 2 N–H and O–H groups in total. The standard InChI is InChI=1S/C6H11FO.C4H8OS.C2H6.CH3NO/c1-2-3-4-5-6(7)8;1-2-6-4-3-5;1-2;2-1-3/h2-5H2,1H3;3H,2,4H2,1H3;1-2H3;1H,(H2,2,3). The molecule has 0 radical (unpaired) electrons. The lowest BCUT2D eigenvalue weighted by Crippen LogP contribution is -1.85. The van der Waals surface area contributed by atoms with Gasteiger partial charge in [-0.1, -0.05) is 40.5 Å². The third-order valence-electron chi connectivity index (χ3n) is 1.37. The number of aldehydes is 1. The molecule has 0 atom stereocenters. The van der Waals surface area contributed by atoms with E-state index in [2.05, 4.69) is 5.73 Å². The van der Waals surface area contributed by atoms with Crippen LogP contribution in [0.25, 0.3) is 0 Å². The van der Waals surface area contributed by atoms with E-state index in [1.54, 1.807) is 11.8 Å². The number of halogens is 1. The maximum atomic E-state index is 11.4. The van der Waals surface area contributed by atoms with Crippen molar-refractivity contribution in [3.8, 4) is 0 Å². The van der Waals surface area contributed by atoms with Crippen LogP contribution >= 0.6 is 11.8 Å². The van der Waals surface area contributed by atoms with Crippen LogP contribution in [-0.4, -0.2) is 30.2 Å². The highest BCUT2D eigenvalue weighted by molar-refractivity contribution is 7.99. The summed E-state index contributed by atoms with van der Waals surface area (Å²) in [4.78, 5) is 27.8. The summed E-state index contributed by atoms with van der Waals surface area (Å²) in [5.41, 5.74) is 4.17. The normalized spacial score (nSPS) is 7.42. The predicted molar refractivity (Wildman–Crippen MR) is 80.9 cm³/mol. The number of carbonyl (C=O) groups is 3. The minimum atomic E-state index is -1.18. The van der Waals surface area contributed by atoms with Crippen LogP contribution in [0.15, 0.2) is 0 Å². The number of nitrogens with two attached hydrogens (primary N) is 1. The van der Waals surface area contributed by atoms with Gasteiger partial charge in [-0.3, -0.25) is 9.59 Å². The van der Waals surface area contributed by atoms with Gasteiger partial charge in [-0.15, -0.1) is 0 Å². The van der Waals surface area contributed by atoms with Crippen molar-refractivity contribution >= 4 is 30.5 Å². The molecule has 0 aliphatic heterocycles. The first-order chi connectivity index (χ1) is 9.10. The number of rotatable bonds is 7. The van der Waals surface area contributed by atoms with Crippen molar-refractivity contribution in [2.75, 3.05) is 11.5 Å². The van der Waals surface area contributed by atoms with Crippen LogP contribution in [0.5, 0.6) is 0 Å². The lowest BCUT2D eigenvalue weighted by Gasteiger charge is -1.88. The molecule has 4 nitrogen and oxygen atoms in total. The molecule has 0 aromatic heterocycles. The first-order valence-electron chi connectivity index (χ1n) is 6.45. The van der Waals surface area contributed by atoms with E-state index in [9.17, 15) is 14.0 Å². The van der Waals surface area contributed by atoms with Gasteiger partial charge in [0.1, 0.15) is 6.29 Å². The molecular formula is C13H28FNO3S. The summed E-state index contributed by atoms with van der Waals surface area (Å²) in [7, 11) is 0. The molecule has 0 aromatic rings. The smallest absolute Gasteiger partial charge is 0.301 e. The lowest BCUT2D eigenvalue weighted by atomic mass is 10.2. The van der Waals surface area contributed by atoms with E-state index in [4.69, 9.17) is 4.79 Å². The molecular weight excluding hydrogens is 269 g/mol. The van der Waals surface area contributed by atoms with Crippen LogP contribution in [0.3, 0.4) is 0 Å². The largest absolute Gasteiger partial charge is 0.372 e. The van der Waals surface area contributed by atoms with Crippen molar-refractivity contribution in [3.63, 3.8) is 0 Å². The Morgan fingerprint density at radius 1 is 1.21 bits per heavy atom. The zero-order valence-electron chi connectivity index (χ0n) is 12.5. The van der Waals surface area contributed by atoms with Crippen LogP contribution in [0.4, 0.5) is 4.39 Å². The first-order valence-corrected chi connectivity index (χ1v) is 7.61. The number of carbonyl (C=O) groups excluding carboxylic acids is 3. The Morgan fingerprint density at radius 3 is 1.89 bits per heavy atom. The number of primary amides is 1. The number of hydrogen-bond donors (Lipinski definition) is 1. The molecule has 1 amide bonds. The van der Waals surface area contributed by atoms with Crippen LogP contribution in [-0.2, 0) is 14.4 Å². The van der Waals surface area contributed by atoms with Crippen LogP contribution < -0.4 is 5.73 Å². The topological polar surface area (TPSA) is 77.2 Å². The highest BCUT2D eigenvalue weighted by atomic mass is 32.2. The molecule has 19 heavy (non-hydrogen) atoms. The first kappa shape index (κ1) is 26.6. The Balaban J connectivity index is -0.0000000904. The van der Waals surface area contributed by atoms with Gasteiger partial charge < -0.3 is 10.5 Å². The molecule has 0 bridgehead atoms. The van der Waals surface area contributed by atoms with Gasteiger partial charge in [0.15, 0.2) is 0 Å². The molecule has 0 saturated heterocycles. The second kappa shape index (κ2) is 36.0. The van der Waals surface area contributed by atoms with E-state index >= 15 is 0 Å². The number of hydrogen-bond acceptors (Lipinski definition) is 4. The quantitative estimate of drug-likeness (QED) is 0.445. The second-order valence-corrected chi connectivity index (χ2v) is 4.09. The zero-order valence-corrected chi connectivity index (χ0v) is 13.3. The van der Waals surface area contributed by atoms with Gasteiger partial charge in [0, 0.05) is 12.2 Å². The van der Waals surface area contributed by atoms with Crippen LogP contribution in [0.1, 0.15) is 53.4 Å². The lowest BCUT2D eigenvalue weighted by molar-refractivity contribution is -0.129. The van der Waals surface area contributed by atoms with E-state index in [1.165, 1.54) is 0 Å². The zero-order chi connectivity index (χ0) is 15.9. The highest BCUT2D eigenvalue weighted by Crippen LogP contribution is 1.99. The molecule has 0 aromatic carbocycles. The molecule has 0 spiro atoms. The summed E-state index contributed by atoms with van der Waals surface area (Å²) in [6.45, 7) is 8.05. The molecule has 0 aliphatic carbocycles. The maximum absolute atomic E-state index is 11.4. The minimum absolute atomic E-state index is 0.105. The van der Waals surface area contributed by atoms with Crippen molar-refractivity contribution in [1.82, 2.24) is 0 Å². The summed E-state index contributed by atoms with van der Waals surface area (Å²) in [5, 5.41) is 0. The van der Waals surface area contributed by atoms with Gasteiger partial charge >= 0.3 is 6.04 Å². The average Bonchev–Trinajstić information content (AvgIpc) is 2.40. The molecule has 0 heterocycles. The SMILES string of the molecule is CC.CCCCCC(=O)F.CCSCC=O.NC=O.